The molecule has 9 heteroatoms. The van der Waals surface area contributed by atoms with E-state index >= 15 is 0 Å². The summed E-state index contributed by atoms with van der Waals surface area (Å²) in [5, 5.41) is 15.3. The summed E-state index contributed by atoms with van der Waals surface area (Å²) in [6, 6.07) is 2.30. The molecule has 0 unspecified atom stereocenters. The molecule has 2 fully saturated rings. The Morgan fingerprint density at radius 3 is 2.73 bits per heavy atom. The maximum Gasteiger partial charge on any atom is 0.405 e. The van der Waals surface area contributed by atoms with E-state index in [0.29, 0.717) is 31.0 Å². The summed E-state index contributed by atoms with van der Waals surface area (Å²) in [6.07, 6.45) is 2.66. The van der Waals surface area contributed by atoms with Crippen LogP contribution < -0.4 is 10.6 Å². The lowest BCUT2D eigenvalue weighted by Gasteiger charge is -2.20. The number of hydrogen-bond acceptors (Lipinski definition) is 5. The number of aromatic amines is 1. The molecule has 2 aromatic rings. The van der Waals surface area contributed by atoms with Crippen molar-refractivity contribution in [3.63, 3.8) is 0 Å². The van der Waals surface area contributed by atoms with Gasteiger partial charge in [0.25, 0.3) is 0 Å². The third-order valence-corrected chi connectivity index (χ3v) is 5.36. The number of aromatic nitrogens is 3. The first-order chi connectivity index (χ1) is 12.5. The molecule has 4 rings (SSSR count). The van der Waals surface area contributed by atoms with Crippen molar-refractivity contribution in [2.24, 2.45) is 11.8 Å². The summed E-state index contributed by atoms with van der Waals surface area (Å²) in [6.45, 7) is 3.13. The Hall–Kier alpha value is -2.84. The van der Waals surface area contributed by atoms with Gasteiger partial charge >= 0.3 is 6.09 Å². The second-order valence-corrected chi connectivity index (χ2v) is 7.15. The number of nitrogens with zero attached hydrogens (tertiary/aromatic N) is 3. The number of rotatable bonds is 4. The molecule has 0 bridgehead atoms. The first kappa shape index (κ1) is 16.6. The number of fused-ring (bicyclic) bond motifs is 2. The van der Waals surface area contributed by atoms with Gasteiger partial charge in [0.05, 0.1) is 5.39 Å². The maximum atomic E-state index is 12.1. The van der Waals surface area contributed by atoms with E-state index in [0.717, 1.165) is 35.5 Å². The maximum absolute atomic E-state index is 12.1. The lowest BCUT2D eigenvalue weighted by Crippen LogP contribution is -2.39. The monoisotopic (exact) mass is 358 g/mol. The molecule has 138 valence electrons. The summed E-state index contributed by atoms with van der Waals surface area (Å²) in [5.74, 6) is 2.34. The van der Waals surface area contributed by atoms with Crippen LogP contribution in [0.2, 0.25) is 0 Å². The van der Waals surface area contributed by atoms with E-state index in [9.17, 15) is 9.59 Å². The molecule has 1 saturated carbocycles. The van der Waals surface area contributed by atoms with Crippen LogP contribution in [0.1, 0.15) is 18.7 Å². The lowest BCUT2D eigenvalue weighted by atomic mass is 10.0. The van der Waals surface area contributed by atoms with Gasteiger partial charge in [-0.15, -0.1) is 0 Å². The molecule has 2 aromatic heterocycles. The van der Waals surface area contributed by atoms with Crippen LogP contribution in [0.4, 0.5) is 10.6 Å². The number of hydrogen-bond donors (Lipinski definition) is 4. The van der Waals surface area contributed by atoms with Crippen LogP contribution >= 0.6 is 0 Å². The number of aryl methyl sites for hydroxylation is 1. The number of carboxylic acid groups (broad SMARTS) is 1. The van der Waals surface area contributed by atoms with Gasteiger partial charge in [0.15, 0.2) is 0 Å². The zero-order chi connectivity index (χ0) is 18.3. The minimum absolute atomic E-state index is 0.147. The van der Waals surface area contributed by atoms with Crippen molar-refractivity contribution >= 4 is 28.9 Å². The van der Waals surface area contributed by atoms with E-state index in [1.165, 1.54) is 0 Å². The summed E-state index contributed by atoms with van der Waals surface area (Å²) in [7, 11) is 0. The van der Waals surface area contributed by atoms with E-state index in [1.807, 2.05) is 19.2 Å². The van der Waals surface area contributed by atoms with Crippen molar-refractivity contribution in [2.75, 3.05) is 25.0 Å². The van der Waals surface area contributed by atoms with Gasteiger partial charge in [0.1, 0.15) is 23.8 Å². The predicted octanol–water partition coefficient (Wildman–Crippen LogP) is 1.18. The van der Waals surface area contributed by atoms with Crippen LogP contribution in [0.15, 0.2) is 12.3 Å². The van der Waals surface area contributed by atoms with Crippen LogP contribution in [-0.4, -0.2) is 62.6 Å². The number of anilines is 1. The number of nitrogens with one attached hydrogen (secondary N) is 3. The van der Waals surface area contributed by atoms with Crippen LogP contribution in [0.5, 0.6) is 0 Å². The van der Waals surface area contributed by atoms with Crippen molar-refractivity contribution in [3.8, 4) is 0 Å². The minimum atomic E-state index is -1.17. The van der Waals surface area contributed by atoms with Gasteiger partial charge in [-0.05, 0) is 37.7 Å². The second kappa shape index (κ2) is 6.47. The fourth-order valence-corrected chi connectivity index (χ4v) is 4.24. The van der Waals surface area contributed by atoms with Crippen molar-refractivity contribution in [3.05, 3.63) is 18.1 Å². The number of H-pyrrole nitrogens is 1. The fraction of sp³-hybridized carbons (Fsp3) is 0.529. The largest absolute Gasteiger partial charge is 0.465 e. The van der Waals surface area contributed by atoms with E-state index in [-0.39, 0.29) is 12.5 Å². The highest BCUT2D eigenvalue weighted by molar-refractivity contribution is 5.87. The first-order valence-electron chi connectivity index (χ1n) is 8.82. The van der Waals surface area contributed by atoms with Crippen LogP contribution in [0.25, 0.3) is 11.0 Å². The Balaban J connectivity index is 1.37. The van der Waals surface area contributed by atoms with E-state index in [4.69, 9.17) is 5.11 Å². The third kappa shape index (κ3) is 3.16. The molecule has 1 aliphatic carbocycles. The van der Waals surface area contributed by atoms with Gasteiger partial charge in [-0.1, -0.05) is 0 Å². The Morgan fingerprint density at radius 1 is 1.31 bits per heavy atom. The Labute approximate surface area is 150 Å². The molecule has 4 N–H and O–H groups in total. The van der Waals surface area contributed by atoms with E-state index < -0.39 is 6.09 Å². The standard InChI is InChI=1S/C17H22N6O3/c1-9-20-15-13(2-3-18-15)16(21-9)22-12-4-10-7-23(8-11(10)5-12)14(24)6-19-17(25)26/h2-3,10-12,19H,4-8H2,1H3,(H,25,26)(H2,18,20,21,22)/t10-,11+,12-. The van der Waals surface area contributed by atoms with Gasteiger partial charge in [-0.25, -0.2) is 14.8 Å². The van der Waals surface area contributed by atoms with E-state index in [1.54, 1.807) is 4.90 Å². The normalized spacial score (nSPS) is 24.7. The summed E-state index contributed by atoms with van der Waals surface area (Å²) < 4.78 is 0. The first-order valence-corrected chi connectivity index (χ1v) is 8.82. The van der Waals surface area contributed by atoms with Crippen molar-refractivity contribution in [2.45, 2.75) is 25.8 Å². The zero-order valence-electron chi connectivity index (χ0n) is 14.5. The molecule has 3 heterocycles. The highest BCUT2D eigenvalue weighted by Crippen LogP contribution is 2.39. The average Bonchev–Trinajstić information content (AvgIpc) is 3.26. The predicted molar refractivity (Wildman–Crippen MR) is 94.9 cm³/mol. The summed E-state index contributed by atoms with van der Waals surface area (Å²) >= 11 is 0. The summed E-state index contributed by atoms with van der Waals surface area (Å²) in [4.78, 5) is 36.4. The smallest absolute Gasteiger partial charge is 0.405 e. The van der Waals surface area contributed by atoms with E-state index in [2.05, 4.69) is 25.6 Å². The Kier molecular flexibility index (Phi) is 4.14. The second-order valence-electron chi connectivity index (χ2n) is 7.15. The van der Waals surface area contributed by atoms with Crippen molar-refractivity contribution in [1.29, 1.82) is 0 Å². The molecule has 0 spiro atoms. The molecular weight excluding hydrogens is 336 g/mol. The molecule has 2 aliphatic rings. The summed E-state index contributed by atoms with van der Waals surface area (Å²) in [5.41, 5.74) is 0.834. The van der Waals surface area contributed by atoms with Gasteiger partial charge in [0, 0.05) is 25.3 Å². The highest BCUT2D eigenvalue weighted by Gasteiger charge is 2.42. The number of likely N-dealkylation sites (tertiary alicyclic amines) is 1. The Morgan fingerprint density at radius 2 is 2.04 bits per heavy atom. The lowest BCUT2D eigenvalue weighted by molar-refractivity contribution is -0.129. The average molecular weight is 358 g/mol. The quantitative estimate of drug-likeness (QED) is 0.651. The van der Waals surface area contributed by atoms with Crippen LogP contribution in [0.3, 0.4) is 0 Å². The molecule has 1 aliphatic heterocycles. The molecule has 2 amide bonds. The molecule has 0 aromatic carbocycles. The fourth-order valence-electron chi connectivity index (χ4n) is 4.24. The SMILES string of the molecule is Cc1nc(N[C@@H]2C[C@@H]3CN(C(=O)CNC(=O)O)C[C@@H]3C2)c2cc[nH]c2n1. The van der Waals surface area contributed by atoms with Crippen molar-refractivity contribution in [1.82, 2.24) is 25.2 Å². The van der Waals surface area contributed by atoms with Gasteiger partial charge in [-0.2, -0.15) is 0 Å². The van der Waals surface area contributed by atoms with Gasteiger partial charge in [0.2, 0.25) is 5.91 Å². The van der Waals surface area contributed by atoms with Crippen LogP contribution in [-0.2, 0) is 4.79 Å². The third-order valence-electron chi connectivity index (χ3n) is 5.36. The molecule has 3 atom stereocenters. The topological polar surface area (TPSA) is 123 Å². The van der Waals surface area contributed by atoms with Gasteiger partial charge < -0.3 is 25.6 Å². The van der Waals surface area contributed by atoms with Crippen LogP contribution in [0, 0.1) is 18.8 Å². The van der Waals surface area contributed by atoms with Gasteiger partial charge in [-0.3, -0.25) is 4.79 Å². The molecular formula is C17H22N6O3. The number of carbonyl (C=O) groups is 2. The highest BCUT2D eigenvalue weighted by atomic mass is 16.4. The minimum Gasteiger partial charge on any atom is -0.465 e. The molecule has 26 heavy (non-hydrogen) atoms. The molecule has 1 saturated heterocycles. The number of amides is 2. The number of carbonyl (C=O) groups excluding carboxylic acids is 1. The Bertz CT molecular complexity index is 836. The van der Waals surface area contributed by atoms with Crippen molar-refractivity contribution < 1.29 is 14.7 Å². The zero-order valence-corrected chi connectivity index (χ0v) is 14.5. The molecule has 9 nitrogen and oxygen atoms in total. The molecule has 0 radical (unpaired) electrons.